The number of ether oxygens (including phenoxy) is 1. The number of carboxylic acids is 1. The van der Waals surface area contributed by atoms with E-state index in [1.165, 1.54) is 24.8 Å². The third-order valence-corrected chi connectivity index (χ3v) is 14.4. The van der Waals surface area contributed by atoms with Crippen LogP contribution in [0.2, 0.25) is 18.1 Å². The van der Waals surface area contributed by atoms with Crippen LogP contribution in [0.3, 0.4) is 0 Å². The summed E-state index contributed by atoms with van der Waals surface area (Å²) < 4.78 is 13.2. The van der Waals surface area contributed by atoms with E-state index < -0.39 is 14.3 Å². The molecule has 0 bridgehead atoms. The van der Waals surface area contributed by atoms with E-state index >= 15 is 0 Å². The van der Waals surface area contributed by atoms with E-state index in [0.29, 0.717) is 12.0 Å². The maximum Gasteiger partial charge on any atom is 0.338 e. The smallest absolute Gasteiger partial charge is 0.338 e. The number of unbranched alkanes of at least 4 members (excludes halogenated alkanes) is 5. The van der Waals surface area contributed by atoms with Gasteiger partial charge in [-0.15, -0.1) is 0 Å². The average molecular weight is 635 g/mol. The minimum absolute atomic E-state index is 0.167. The van der Waals surface area contributed by atoms with Crippen molar-refractivity contribution >= 4 is 20.3 Å². The molecule has 1 aliphatic carbocycles. The highest BCUT2D eigenvalue weighted by molar-refractivity contribution is 6.74. The summed E-state index contributed by atoms with van der Waals surface area (Å²) in [4.78, 5) is 24.3. The second-order valence-electron chi connectivity index (χ2n) is 14.4. The monoisotopic (exact) mass is 634 g/mol. The van der Waals surface area contributed by atoms with E-state index in [1.54, 1.807) is 0 Å². The van der Waals surface area contributed by atoms with Crippen LogP contribution in [-0.2, 0) is 14.0 Å². The van der Waals surface area contributed by atoms with Crippen molar-refractivity contribution in [1.29, 1.82) is 0 Å². The number of esters is 1. The van der Waals surface area contributed by atoms with E-state index in [0.717, 1.165) is 62.5 Å². The molecule has 0 aliphatic heterocycles. The summed E-state index contributed by atoms with van der Waals surface area (Å²) in [6.07, 6.45) is 14.6. The predicted molar refractivity (Wildman–Crippen MR) is 188 cm³/mol. The van der Waals surface area contributed by atoms with Crippen molar-refractivity contribution in [2.24, 2.45) is 5.92 Å². The van der Waals surface area contributed by atoms with Crippen LogP contribution in [0.4, 0.5) is 0 Å². The number of benzene rings is 2. The van der Waals surface area contributed by atoms with Crippen molar-refractivity contribution in [2.45, 2.75) is 142 Å². The number of hydrogen-bond acceptors (Lipinski definition) is 4. The first-order valence-electron chi connectivity index (χ1n) is 17.4. The van der Waals surface area contributed by atoms with Gasteiger partial charge in [-0.05, 0) is 73.5 Å². The SMILES string of the molecule is CCCCC[C@@H](CCC1=CC[C@H](OC(=O)c2ccc(-c3ccccc3)cc2)[C@@H]1CCCCCCC(=O)O)O[Si](C)(C)C(C)(C)C. The predicted octanol–water partition coefficient (Wildman–Crippen LogP) is 11.0. The topological polar surface area (TPSA) is 72.8 Å². The molecule has 0 amide bonds. The zero-order chi connectivity index (χ0) is 32.9. The molecule has 248 valence electrons. The summed E-state index contributed by atoms with van der Waals surface area (Å²) in [5.74, 6) is -0.797. The molecule has 0 fully saturated rings. The van der Waals surface area contributed by atoms with Gasteiger partial charge in [-0.3, -0.25) is 4.79 Å². The minimum atomic E-state index is -1.89. The largest absolute Gasteiger partial charge is 0.481 e. The first kappa shape index (κ1) is 36.8. The van der Waals surface area contributed by atoms with E-state index in [-0.39, 0.29) is 35.6 Å². The number of hydrogen-bond donors (Lipinski definition) is 1. The standard InChI is InChI=1S/C39H58O5Si/c1-7-8-12-19-34(44-45(5,6)39(2,3)4)28-26-32-27-29-36(35(32)20-15-9-10-16-21-37(40)41)43-38(42)33-24-22-31(23-25-33)30-17-13-11-14-18-30/h11,13-14,17-18,22-25,27,34-36H,7-10,12,15-16,19-21,26,28-29H2,1-6H3,(H,40,41)/t34-,35+,36-/m0/s1. The van der Waals surface area contributed by atoms with Crippen molar-refractivity contribution in [3.05, 3.63) is 71.8 Å². The van der Waals surface area contributed by atoms with Crippen LogP contribution < -0.4 is 0 Å². The van der Waals surface area contributed by atoms with Crippen molar-refractivity contribution in [3.8, 4) is 11.1 Å². The van der Waals surface area contributed by atoms with Crippen LogP contribution in [0.5, 0.6) is 0 Å². The summed E-state index contributed by atoms with van der Waals surface area (Å²) in [6, 6.07) is 17.9. The van der Waals surface area contributed by atoms with Gasteiger partial charge in [0.25, 0.3) is 0 Å². The van der Waals surface area contributed by atoms with Gasteiger partial charge >= 0.3 is 11.9 Å². The third kappa shape index (κ3) is 11.9. The van der Waals surface area contributed by atoms with Gasteiger partial charge in [0.05, 0.1) is 5.56 Å². The summed E-state index contributed by atoms with van der Waals surface area (Å²) >= 11 is 0. The molecule has 1 aliphatic rings. The van der Waals surface area contributed by atoms with Crippen molar-refractivity contribution in [1.82, 2.24) is 0 Å². The molecule has 1 N–H and O–H groups in total. The molecular formula is C39H58O5Si. The van der Waals surface area contributed by atoms with Crippen molar-refractivity contribution in [3.63, 3.8) is 0 Å². The molecule has 0 radical (unpaired) electrons. The Labute approximate surface area is 273 Å². The molecule has 0 heterocycles. The Morgan fingerprint density at radius 2 is 1.56 bits per heavy atom. The Morgan fingerprint density at radius 3 is 2.20 bits per heavy atom. The first-order chi connectivity index (χ1) is 21.4. The highest BCUT2D eigenvalue weighted by Crippen LogP contribution is 2.40. The lowest BCUT2D eigenvalue weighted by molar-refractivity contribution is -0.137. The van der Waals surface area contributed by atoms with E-state index in [9.17, 15) is 9.59 Å². The van der Waals surface area contributed by atoms with Gasteiger partial charge in [0, 0.05) is 24.9 Å². The second kappa shape index (κ2) is 17.8. The summed E-state index contributed by atoms with van der Waals surface area (Å²) in [6.45, 7) is 13.9. The normalized spacial score (nSPS) is 17.6. The van der Waals surface area contributed by atoms with Gasteiger partial charge in [0.2, 0.25) is 0 Å². The van der Waals surface area contributed by atoms with Crippen LogP contribution in [-0.4, -0.2) is 37.6 Å². The molecule has 3 rings (SSSR count). The highest BCUT2D eigenvalue weighted by Gasteiger charge is 2.39. The average Bonchev–Trinajstić information content (AvgIpc) is 3.38. The molecule has 0 spiro atoms. The number of carboxylic acid groups (broad SMARTS) is 1. The van der Waals surface area contributed by atoms with Gasteiger partial charge < -0.3 is 14.3 Å². The number of aliphatic carboxylic acids is 1. The number of rotatable bonds is 19. The summed E-state index contributed by atoms with van der Waals surface area (Å²) in [5, 5.41) is 9.16. The summed E-state index contributed by atoms with van der Waals surface area (Å²) in [5.41, 5.74) is 4.17. The third-order valence-electron chi connectivity index (χ3n) is 9.83. The fourth-order valence-corrected chi connectivity index (χ4v) is 7.47. The molecule has 5 nitrogen and oxygen atoms in total. The Kier molecular flexibility index (Phi) is 14.6. The van der Waals surface area contributed by atoms with Gasteiger partial charge in [-0.1, -0.05) is 120 Å². The molecule has 2 aromatic carbocycles. The quantitative estimate of drug-likeness (QED) is 0.0720. The van der Waals surface area contributed by atoms with Crippen LogP contribution in [0.1, 0.15) is 122 Å². The van der Waals surface area contributed by atoms with Gasteiger partial charge in [-0.2, -0.15) is 0 Å². The zero-order valence-electron chi connectivity index (χ0n) is 28.8. The Hall–Kier alpha value is -2.70. The molecule has 3 atom stereocenters. The molecule has 45 heavy (non-hydrogen) atoms. The molecule has 2 aromatic rings. The lowest BCUT2D eigenvalue weighted by Gasteiger charge is -2.39. The van der Waals surface area contributed by atoms with Crippen LogP contribution >= 0.6 is 0 Å². The Bertz CT molecular complexity index is 1210. The maximum absolute atomic E-state index is 13.3. The summed E-state index contributed by atoms with van der Waals surface area (Å²) in [7, 11) is -1.89. The second-order valence-corrected chi connectivity index (χ2v) is 19.1. The fraction of sp³-hybridized carbons (Fsp3) is 0.590. The van der Waals surface area contributed by atoms with E-state index in [2.05, 4.69) is 59.0 Å². The maximum atomic E-state index is 13.3. The molecule has 0 unspecified atom stereocenters. The van der Waals surface area contributed by atoms with E-state index in [1.807, 2.05) is 42.5 Å². The van der Waals surface area contributed by atoms with Crippen LogP contribution in [0.25, 0.3) is 11.1 Å². The van der Waals surface area contributed by atoms with Crippen molar-refractivity contribution < 1.29 is 23.9 Å². The minimum Gasteiger partial charge on any atom is -0.481 e. The zero-order valence-corrected chi connectivity index (χ0v) is 29.8. The van der Waals surface area contributed by atoms with Gasteiger partial charge in [0.15, 0.2) is 8.32 Å². The highest BCUT2D eigenvalue weighted by atomic mass is 28.4. The van der Waals surface area contributed by atoms with Gasteiger partial charge in [0.1, 0.15) is 6.10 Å². The number of carbonyl (C=O) groups excluding carboxylic acids is 1. The van der Waals surface area contributed by atoms with Gasteiger partial charge in [-0.25, -0.2) is 4.79 Å². The Morgan fingerprint density at radius 1 is 0.889 bits per heavy atom. The Balaban J connectivity index is 1.67. The fourth-order valence-electron chi connectivity index (χ4n) is 6.05. The lowest BCUT2D eigenvalue weighted by Crippen LogP contribution is -2.44. The van der Waals surface area contributed by atoms with E-state index in [4.69, 9.17) is 14.3 Å². The van der Waals surface area contributed by atoms with Crippen LogP contribution in [0, 0.1) is 5.92 Å². The molecular weight excluding hydrogens is 577 g/mol. The van der Waals surface area contributed by atoms with Crippen LogP contribution in [0.15, 0.2) is 66.2 Å². The van der Waals surface area contributed by atoms with Crippen molar-refractivity contribution in [2.75, 3.05) is 0 Å². The molecule has 0 saturated carbocycles. The number of carbonyl (C=O) groups is 2. The molecule has 0 saturated heterocycles. The first-order valence-corrected chi connectivity index (χ1v) is 20.3. The molecule has 6 heteroatoms. The molecule has 0 aromatic heterocycles. The lowest BCUT2D eigenvalue weighted by atomic mass is 9.89.